The summed E-state index contributed by atoms with van der Waals surface area (Å²) in [5.74, 6) is -3.31. The van der Waals surface area contributed by atoms with E-state index in [-0.39, 0.29) is 48.3 Å². The lowest BCUT2D eigenvalue weighted by molar-refractivity contribution is 0.0120. The van der Waals surface area contributed by atoms with Crippen molar-refractivity contribution < 1.29 is 32.2 Å². The molecule has 0 aliphatic carbocycles. The van der Waals surface area contributed by atoms with Crippen LogP contribution in [0, 0.1) is 5.82 Å². The summed E-state index contributed by atoms with van der Waals surface area (Å²) in [6.07, 6.45) is 1.60. The summed E-state index contributed by atoms with van der Waals surface area (Å²) in [7, 11) is 3.19. The number of fused-ring (bicyclic) bond motifs is 2. The molecule has 0 unspecified atom stereocenters. The largest absolute Gasteiger partial charge is 0.497 e. The number of benzene rings is 3. The van der Waals surface area contributed by atoms with Crippen molar-refractivity contribution in [1.29, 1.82) is 0 Å². The molecule has 0 spiro atoms. The average Bonchev–Trinajstić information content (AvgIpc) is 3.49. The number of likely N-dealkylation sites (tertiary alicyclic amines) is 1. The van der Waals surface area contributed by atoms with Gasteiger partial charge in [0.2, 0.25) is 0 Å². The van der Waals surface area contributed by atoms with Gasteiger partial charge in [0.1, 0.15) is 23.7 Å². The molecule has 4 aromatic rings. The fourth-order valence-electron chi connectivity index (χ4n) is 5.57. The summed E-state index contributed by atoms with van der Waals surface area (Å²) in [5.41, 5.74) is 3.50. The van der Waals surface area contributed by atoms with Gasteiger partial charge in [0, 0.05) is 43.7 Å². The van der Waals surface area contributed by atoms with Gasteiger partial charge in [0.05, 0.1) is 24.8 Å². The third-order valence-electron chi connectivity index (χ3n) is 7.75. The molecule has 0 N–H and O–H groups in total. The number of nitrogens with zero attached hydrogens (tertiary/aromatic N) is 3. The second kappa shape index (κ2) is 10.7. The van der Waals surface area contributed by atoms with Gasteiger partial charge >= 0.3 is 0 Å². The molecule has 0 bridgehead atoms. The molecular formula is C32H28F3N3O4. The van der Waals surface area contributed by atoms with Crippen LogP contribution in [0.3, 0.4) is 0 Å². The van der Waals surface area contributed by atoms with Gasteiger partial charge in [-0.2, -0.15) is 0 Å². The number of hydrogen-bond donors (Lipinski definition) is 0. The van der Waals surface area contributed by atoms with Gasteiger partial charge in [-0.25, -0.2) is 13.2 Å². The highest BCUT2D eigenvalue weighted by Gasteiger charge is 2.43. The number of methoxy groups -OCH3 is 1. The van der Waals surface area contributed by atoms with Crippen LogP contribution < -0.4 is 9.47 Å². The SMILES string of the molecule is COc1ccc(COc2c3c(c(C(=O)N4CCC(F)(F)C4)c4cc(Cc5ccc(F)cc5)cnc24)CN(C)C3=O)cc1. The van der Waals surface area contributed by atoms with E-state index in [1.165, 1.54) is 17.0 Å². The molecule has 1 saturated heterocycles. The Morgan fingerprint density at radius 2 is 1.76 bits per heavy atom. The van der Waals surface area contributed by atoms with Crippen LogP contribution in [-0.4, -0.2) is 59.8 Å². The molecule has 1 fully saturated rings. The van der Waals surface area contributed by atoms with Crippen LogP contribution in [0.2, 0.25) is 0 Å². The fourth-order valence-corrected chi connectivity index (χ4v) is 5.57. The molecular weight excluding hydrogens is 547 g/mol. The lowest BCUT2D eigenvalue weighted by Crippen LogP contribution is -2.32. The second-order valence-electron chi connectivity index (χ2n) is 10.7. The topological polar surface area (TPSA) is 72.0 Å². The number of ether oxygens (including phenoxy) is 2. The van der Waals surface area contributed by atoms with E-state index in [0.717, 1.165) is 21.6 Å². The minimum atomic E-state index is -2.98. The minimum Gasteiger partial charge on any atom is -0.497 e. The number of alkyl halides is 2. The Bertz CT molecular complexity index is 1690. The van der Waals surface area contributed by atoms with Crippen LogP contribution in [0.1, 0.15) is 49.4 Å². The van der Waals surface area contributed by atoms with Crippen molar-refractivity contribution in [2.45, 2.75) is 31.9 Å². The summed E-state index contributed by atoms with van der Waals surface area (Å²) in [4.78, 5) is 34.6. The predicted molar refractivity (Wildman–Crippen MR) is 150 cm³/mol. The van der Waals surface area contributed by atoms with Gasteiger partial charge in [0.15, 0.2) is 5.75 Å². The summed E-state index contributed by atoms with van der Waals surface area (Å²) in [5, 5.41) is 0.418. The molecule has 10 heteroatoms. The highest BCUT2D eigenvalue weighted by Crippen LogP contribution is 2.42. The molecule has 1 aromatic heterocycles. The Kier molecular flexibility index (Phi) is 7.00. The maximum absolute atomic E-state index is 14.2. The molecule has 2 amide bonds. The Morgan fingerprint density at radius 3 is 2.43 bits per heavy atom. The van der Waals surface area contributed by atoms with Gasteiger partial charge in [-0.15, -0.1) is 0 Å². The maximum Gasteiger partial charge on any atom is 0.267 e. The quantitative estimate of drug-likeness (QED) is 0.286. The van der Waals surface area contributed by atoms with Crippen LogP contribution >= 0.6 is 0 Å². The number of carbonyl (C=O) groups excluding carboxylic acids is 2. The first-order valence-electron chi connectivity index (χ1n) is 13.5. The highest BCUT2D eigenvalue weighted by molar-refractivity contribution is 6.16. The Labute approximate surface area is 240 Å². The Hall–Kier alpha value is -4.60. The van der Waals surface area contributed by atoms with E-state index < -0.39 is 24.8 Å². The van der Waals surface area contributed by atoms with E-state index >= 15 is 0 Å². The van der Waals surface area contributed by atoms with Crippen molar-refractivity contribution in [3.63, 3.8) is 0 Å². The molecule has 2 aliphatic heterocycles. The molecule has 3 aromatic carbocycles. The Balaban J connectivity index is 1.49. The van der Waals surface area contributed by atoms with E-state index in [2.05, 4.69) is 4.98 Å². The van der Waals surface area contributed by atoms with Crippen LogP contribution in [-0.2, 0) is 19.6 Å². The molecule has 2 aliphatic rings. The maximum atomic E-state index is 14.2. The van der Waals surface area contributed by atoms with Gasteiger partial charge in [0.25, 0.3) is 17.7 Å². The number of aromatic nitrogens is 1. The van der Waals surface area contributed by atoms with Crippen molar-refractivity contribution >= 4 is 22.7 Å². The van der Waals surface area contributed by atoms with E-state index in [0.29, 0.717) is 28.6 Å². The summed E-state index contributed by atoms with van der Waals surface area (Å²) in [6, 6.07) is 15.1. The normalized spacial score (nSPS) is 15.8. The smallest absolute Gasteiger partial charge is 0.267 e. The number of amides is 2. The van der Waals surface area contributed by atoms with Gasteiger partial charge < -0.3 is 19.3 Å². The third-order valence-corrected chi connectivity index (χ3v) is 7.75. The first-order chi connectivity index (χ1) is 20.1. The molecule has 0 saturated carbocycles. The van der Waals surface area contributed by atoms with Gasteiger partial charge in [-0.3, -0.25) is 14.6 Å². The molecule has 42 heavy (non-hydrogen) atoms. The number of pyridine rings is 1. The molecule has 7 nitrogen and oxygen atoms in total. The van der Waals surface area contributed by atoms with E-state index in [4.69, 9.17) is 9.47 Å². The zero-order valence-electron chi connectivity index (χ0n) is 23.1. The van der Waals surface area contributed by atoms with Crippen molar-refractivity contribution in [2.24, 2.45) is 0 Å². The first-order valence-corrected chi connectivity index (χ1v) is 13.5. The van der Waals surface area contributed by atoms with Crippen molar-refractivity contribution in [3.8, 4) is 11.5 Å². The van der Waals surface area contributed by atoms with Crippen LogP contribution in [0.5, 0.6) is 11.5 Å². The second-order valence-corrected chi connectivity index (χ2v) is 10.7. The lowest BCUT2D eigenvalue weighted by Gasteiger charge is -2.21. The number of rotatable bonds is 7. The molecule has 0 atom stereocenters. The van der Waals surface area contributed by atoms with Crippen LogP contribution in [0.15, 0.2) is 60.8 Å². The summed E-state index contributed by atoms with van der Waals surface area (Å²) < 4.78 is 53.3. The third kappa shape index (κ3) is 5.13. The van der Waals surface area contributed by atoms with Crippen molar-refractivity contribution in [1.82, 2.24) is 14.8 Å². The zero-order chi connectivity index (χ0) is 29.6. The highest BCUT2D eigenvalue weighted by atomic mass is 19.3. The monoisotopic (exact) mass is 575 g/mol. The zero-order valence-corrected chi connectivity index (χ0v) is 23.1. The number of carbonyl (C=O) groups is 2. The van der Waals surface area contributed by atoms with E-state index in [9.17, 15) is 22.8 Å². The van der Waals surface area contributed by atoms with Crippen LogP contribution in [0.25, 0.3) is 10.9 Å². The molecule has 216 valence electrons. The first kappa shape index (κ1) is 27.6. The lowest BCUT2D eigenvalue weighted by atomic mass is 9.94. The Morgan fingerprint density at radius 1 is 1.05 bits per heavy atom. The van der Waals surface area contributed by atoms with Crippen molar-refractivity contribution in [2.75, 3.05) is 27.2 Å². The van der Waals surface area contributed by atoms with Gasteiger partial charge in [-0.1, -0.05) is 24.3 Å². The fraction of sp³-hybridized carbons (Fsp3) is 0.281. The number of halogens is 3. The molecule has 0 radical (unpaired) electrons. The predicted octanol–water partition coefficient (Wildman–Crippen LogP) is 5.62. The van der Waals surface area contributed by atoms with Gasteiger partial charge in [-0.05, 0) is 53.4 Å². The summed E-state index contributed by atoms with van der Waals surface area (Å²) >= 11 is 0. The molecule has 6 rings (SSSR count). The minimum absolute atomic E-state index is 0.0930. The standard InChI is InChI=1S/C32H28F3N3O4/c1-37-16-25-26(31(40)38-12-11-32(34,35)18-38)24-14-21(13-19-3-7-22(33)8-4-19)15-36-28(24)29(27(25)30(37)39)42-17-20-5-9-23(41-2)10-6-20/h3-10,14-15H,11-13,16-18H2,1-2H3. The molecule has 3 heterocycles. The average molecular weight is 576 g/mol. The van der Waals surface area contributed by atoms with Crippen LogP contribution in [0.4, 0.5) is 13.2 Å². The van der Waals surface area contributed by atoms with Crippen molar-refractivity contribution in [3.05, 3.63) is 100.0 Å². The van der Waals surface area contributed by atoms with E-state index in [1.54, 1.807) is 50.7 Å². The summed E-state index contributed by atoms with van der Waals surface area (Å²) in [6.45, 7) is -0.543. The number of hydrogen-bond acceptors (Lipinski definition) is 5. The van der Waals surface area contributed by atoms with E-state index in [1.807, 2.05) is 12.1 Å².